The highest BCUT2D eigenvalue weighted by Gasteiger charge is 2.23. The number of aliphatic imine (C=N–C) groups is 1. The molecule has 0 fully saturated rings. The quantitative estimate of drug-likeness (QED) is 0.182. The highest BCUT2D eigenvalue weighted by Crippen LogP contribution is 2.35. The predicted molar refractivity (Wildman–Crippen MR) is 247 cm³/mol. The number of nitrogens with zero attached hydrogens (tertiary/aromatic N) is 6. The fourth-order valence-corrected chi connectivity index (χ4v) is 7.61. The molecule has 0 aliphatic carbocycles. The number of aromatic nitrogens is 6. The van der Waals surface area contributed by atoms with E-state index in [0.717, 1.165) is 79.7 Å². The summed E-state index contributed by atoms with van der Waals surface area (Å²) in [5.74, 6) is 0.827. The molecule has 3 aromatic heterocycles. The van der Waals surface area contributed by atoms with Crippen LogP contribution in [0, 0.1) is 0 Å². The van der Waals surface area contributed by atoms with E-state index in [1.807, 2.05) is 64.0 Å². The molecule has 60 heavy (non-hydrogen) atoms. The van der Waals surface area contributed by atoms with Crippen molar-refractivity contribution in [3.63, 3.8) is 0 Å². The molecule has 0 spiro atoms. The van der Waals surface area contributed by atoms with Gasteiger partial charge in [0.1, 0.15) is 17.2 Å². The van der Waals surface area contributed by atoms with Crippen molar-refractivity contribution < 1.29 is 0 Å². The van der Waals surface area contributed by atoms with Crippen molar-refractivity contribution in [3.05, 3.63) is 192 Å². The lowest BCUT2D eigenvalue weighted by Crippen LogP contribution is -2.10. The van der Waals surface area contributed by atoms with Crippen LogP contribution in [-0.2, 0) is 17.3 Å². The smallest absolute Gasteiger partial charge is 0.142 e. The van der Waals surface area contributed by atoms with Gasteiger partial charge in [-0.2, -0.15) is 10.2 Å². The number of fused-ring (bicyclic) bond motifs is 2. The summed E-state index contributed by atoms with van der Waals surface area (Å²) in [7, 11) is 0. The first-order chi connectivity index (χ1) is 29.0. The molecule has 0 saturated carbocycles. The second kappa shape index (κ2) is 15.6. The molecule has 7 heteroatoms. The molecule has 6 aromatic carbocycles. The van der Waals surface area contributed by atoms with Crippen LogP contribution in [0.15, 0.2) is 175 Å². The topological polar surface area (TPSA) is 76.7 Å². The van der Waals surface area contributed by atoms with E-state index in [1.54, 1.807) is 0 Å². The Hall–Kier alpha value is -7.12. The summed E-state index contributed by atoms with van der Waals surface area (Å²) >= 11 is 0. The van der Waals surface area contributed by atoms with E-state index in [1.165, 1.54) is 16.7 Å². The SMILES string of the molecule is CC(C)(C)c1ccc(-c2nn(-c3ccccc3)cc2-c2nc3ccccc3[nH]2)cc1.CC(C)(C)c1ccc(-n2cc(C3=Nc4ccccc4C3)c(-c3ccccc3)n2)cc1. The van der Waals surface area contributed by atoms with Gasteiger partial charge in [0.25, 0.3) is 0 Å². The van der Waals surface area contributed by atoms with E-state index in [4.69, 9.17) is 20.2 Å². The van der Waals surface area contributed by atoms with Crippen molar-refractivity contribution in [1.29, 1.82) is 0 Å². The molecule has 0 unspecified atom stereocenters. The number of rotatable bonds is 6. The maximum Gasteiger partial charge on any atom is 0.142 e. The summed E-state index contributed by atoms with van der Waals surface area (Å²) < 4.78 is 3.91. The van der Waals surface area contributed by atoms with Gasteiger partial charge in [0.15, 0.2) is 0 Å². The monoisotopic (exact) mass is 783 g/mol. The highest BCUT2D eigenvalue weighted by atomic mass is 15.3. The van der Waals surface area contributed by atoms with Crippen molar-refractivity contribution in [3.8, 4) is 45.3 Å². The van der Waals surface area contributed by atoms with Crippen LogP contribution in [0.5, 0.6) is 0 Å². The number of aromatic amines is 1. The van der Waals surface area contributed by atoms with E-state index in [2.05, 4.69) is 162 Å². The van der Waals surface area contributed by atoms with Gasteiger partial charge in [0, 0.05) is 35.5 Å². The van der Waals surface area contributed by atoms with E-state index in [9.17, 15) is 0 Å². The zero-order valence-electron chi connectivity index (χ0n) is 35.1. The number of imidazole rings is 1. The van der Waals surface area contributed by atoms with Gasteiger partial charge in [0.2, 0.25) is 0 Å². The number of para-hydroxylation sites is 4. The third kappa shape index (κ3) is 7.86. The van der Waals surface area contributed by atoms with Gasteiger partial charge >= 0.3 is 0 Å². The third-order valence-corrected chi connectivity index (χ3v) is 11.1. The van der Waals surface area contributed by atoms with Gasteiger partial charge in [-0.1, -0.05) is 157 Å². The van der Waals surface area contributed by atoms with Gasteiger partial charge in [-0.3, -0.25) is 4.99 Å². The summed E-state index contributed by atoms with van der Waals surface area (Å²) in [6.07, 6.45) is 5.02. The maximum atomic E-state index is 4.99. The van der Waals surface area contributed by atoms with Crippen LogP contribution in [0.4, 0.5) is 5.69 Å². The summed E-state index contributed by atoms with van der Waals surface area (Å²) in [6.45, 7) is 13.4. The second-order valence-corrected chi connectivity index (χ2v) is 17.5. The molecule has 7 nitrogen and oxygen atoms in total. The molecule has 0 saturated heterocycles. The minimum absolute atomic E-state index is 0.115. The molecular formula is C53H49N7. The van der Waals surface area contributed by atoms with Crippen LogP contribution in [-0.4, -0.2) is 35.2 Å². The normalized spacial score (nSPS) is 12.5. The summed E-state index contributed by atoms with van der Waals surface area (Å²) in [5.41, 5.74) is 16.5. The molecule has 1 N–H and O–H groups in total. The van der Waals surface area contributed by atoms with E-state index >= 15 is 0 Å². The largest absolute Gasteiger partial charge is 0.338 e. The molecule has 0 amide bonds. The minimum Gasteiger partial charge on any atom is -0.338 e. The van der Waals surface area contributed by atoms with E-state index < -0.39 is 0 Å². The molecule has 0 atom stereocenters. The predicted octanol–water partition coefficient (Wildman–Crippen LogP) is 12.9. The van der Waals surface area contributed by atoms with Gasteiger partial charge < -0.3 is 4.98 Å². The second-order valence-electron chi connectivity index (χ2n) is 17.5. The number of benzene rings is 6. The fourth-order valence-electron chi connectivity index (χ4n) is 7.61. The Morgan fingerprint density at radius 3 is 1.65 bits per heavy atom. The zero-order valence-corrected chi connectivity index (χ0v) is 35.1. The first kappa shape index (κ1) is 38.4. The summed E-state index contributed by atoms with van der Waals surface area (Å²) in [5, 5.41) is 9.93. The fraction of sp³-hybridized carbons (Fsp3) is 0.170. The standard InChI is InChI=1S/C27H25N3.C26H24N4/c1-27(2,3)21-13-15-22(16-14-21)30-18-23(26(29-30)19-9-5-4-6-10-19)25-17-20-11-7-8-12-24(20)28-25;1-26(2,3)19-15-13-18(14-16-19)24-21(17-30(29-24)20-9-5-4-6-10-20)25-27-22-11-7-8-12-23(22)28-25/h4-16,18H,17H2,1-3H3;4-17H,1-3H3,(H,27,28). The molecule has 296 valence electrons. The lowest BCUT2D eigenvalue weighted by molar-refractivity contribution is 0.590. The van der Waals surface area contributed by atoms with Gasteiger partial charge in [-0.25, -0.2) is 14.3 Å². The van der Waals surface area contributed by atoms with E-state index in [-0.39, 0.29) is 10.8 Å². The Morgan fingerprint density at radius 2 is 1.02 bits per heavy atom. The molecule has 0 bridgehead atoms. The Kier molecular flexibility index (Phi) is 9.96. The van der Waals surface area contributed by atoms with Crippen LogP contribution < -0.4 is 0 Å². The number of nitrogens with one attached hydrogen (secondary N) is 1. The molecule has 10 rings (SSSR count). The summed E-state index contributed by atoms with van der Waals surface area (Å²) in [4.78, 5) is 13.2. The lowest BCUT2D eigenvalue weighted by Gasteiger charge is -2.19. The third-order valence-electron chi connectivity index (χ3n) is 11.1. The number of hydrogen-bond acceptors (Lipinski definition) is 4. The van der Waals surface area contributed by atoms with Gasteiger partial charge in [-0.15, -0.1) is 0 Å². The van der Waals surface area contributed by atoms with Crippen molar-refractivity contribution in [2.75, 3.05) is 0 Å². The van der Waals surface area contributed by atoms with Crippen LogP contribution in [0.25, 0.3) is 56.3 Å². The maximum absolute atomic E-state index is 4.99. The molecule has 0 radical (unpaired) electrons. The van der Waals surface area contributed by atoms with Crippen molar-refractivity contribution in [2.24, 2.45) is 4.99 Å². The Bertz CT molecular complexity index is 2900. The Morgan fingerprint density at radius 1 is 0.500 bits per heavy atom. The molecule has 4 heterocycles. The molecule has 9 aromatic rings. The van der Waals surface area contributed by atoms with Gasteiger partial charge in [-0.05, 0) is 70.0 Å². The highest BCUT2D eigenvalue weighted by molar-refractivity contribution is 6.10. The van der Waals surface area contributed by atoms with Crippen LogP contribution >= 0.6 is 0 Å². The van der Waals surface area contributed by atoms with Gasteiger partial charge in [0.05, 0.1) is 39.4 Å². The minimum atomic E-state index is 0.115. The zero-order chi connectivity index (χ0) is 41.4. The Labute approximate surface area is 352 Å². The van der Waals surface area contributed by atoms with E-state index in [0.29, 0.717) is 0 Å². The van der Waals surface area contributed by atoms with Crippen LogP contribution in [0.3, 0.4) is 0 Å². The molecule has 1 aliphatic heterocycles. The average Bonchev–Trinajstić information content (AvgIpc) is 4.08. The molecule has 1 aliphatic rings. The average molecular weight is 784 g/mol. The van der Waals surface area contributed by atoms with Crippen molar-refractivity contribution in [1.82, 2.24) is 29.5 Å². The first-order valence-electron chi connectivity index (χ1n) is 20.6. The first-order valence-corrected chi connectivity index (χ1v) is 20.6. The number of hydrogen-bond donors (Lipinski definition) is 1. The van der Waals surface area contributed by atoms with Crippen LogP contribution in [0.2, 0.25) is 0 Å². The summed E-state index contributed by atoms with van der Waals surface area (Å²) in [6, 6.07) is 54.4. The Balaban J connectivity index is 0.000000154. The van der Waals surface area contributed by atoms with Crippen LogP contribution in [0.1, 0.15) is 63.8 Å². The lowest BCUT2D eigenvalue weighted by atomic mass is 9.86. The van der Waals surface area contributed by atoms with Crippen molar-refractivity contribution in [2.45, 2.75) is 58.8 Å². The number of H-pyrrole nitrogens is 1. The molecular weight excluding hydrogens is 735 g/mol. The van der Waals surface area contributed by atoms with Crippen molar-refractivity contribution >= 4 is 22.4 Å².